The zero-order valence-electron chi connectivity index (χ0n) is 15.1. The van der Waals surface area contributed by atoms with E-state index in [2.05, 4.69) is 5.32 Å². The van der Waals surface area contributed by atoms with Crippen molar-refractivity contribution in [2.45, 2.75) is 83.4 Å². The molecule has 2 aliphatic rings. The zero-order chi connectivity index (χ0) is 17.5. The molecule has 2 fully saturated rings. The van der Waals surface area contributed by atoms with Crippen molar-refractivity contribution in [1.29, 1.82) is 0 Å². The van der Waals surface area contributed by atoms with Gasteiger partial charge in [0.05, 0.1) is 12.0 Å². The van der Waals surface area contributed by atoms with Gasteiger partial charge in [-0.3, -0.25) is 4.79 Å². The minimum atomic E-state index is -0.253. The molecule has 0 radical (unpaired) electrons. The van der Waals surface area contributed by atoms with Crippen LogP contribution in [-0.4, -0.2) is 48.2 Å². The molecule has 1 aliphatic carbocycles. The highest BCUT2D eigenvalue weighted by Crippen LogP contribution is 2.22. The highest BCUT2D eigenvalue weighted by molar-refractivity contribution is 5.79. The summed E-state index contributed by atoms with van der Waals surface area (Å²) >= 11 is 0. The smallest absolute Gasteiger partial charge is 0.410 e. The number of ether oxygens (including phenoxy) is 1. The number of rotatable bonds is 3. The molecule has 1 saturated carbocycles. The molecule has 138 valence electrons. The van der Waals surface area contributed by atoms with Crippen molar-refractivity contribution in [3.05, 3.63) is 0 Å². The van der Waals surface area contributed by atoms with E-state index in [0.29, 0.717) is 13.1 Å². The minimum absolute atomic E-state index is 0.0218. The van der Waals surface area contributed by atoms with E-state index in [-0.39, 0.29) is 36.1 Å². The van der Waals surface area contributed by atoms with Crippen LogP contribution in [0.1, 0.15) is 65.2 Å². The van der Waals surface area contributed by atoms with Gasteiger partial charge in [0.25, 0.3) is 0 Å². The van der Waals surface area contributed by atoms with Gasteiger partial charge in [0.15, 0.2) is 0 Å². The Morgan fingerprint density at radius 1 is 1.04 bits per heavy atom. The molecule has 1 saturated heterocycles. The number of nitrogens with two attached hydrogens (primary N) is 1. The predicted molar refractivity (Wildman–Crippen MR) is 93.5 cm³/mol. The van der Waals surface area contributed by atoms with E-state index in [9.17, 15) is 9.59 Å². The standard InChI is InChI=1S/C18H33N3O3/c1-13(2)24-18(23)21-11-9-14(10-12-21)20-17(22)15-7-5-3-4-6-8-16(15)19/h13-16H,3-12,19H2,1-2H3,(H,20,22)/t15-,16-/m1/s1. The zero-order valence-corrected chi connectivity index (χ0v) is 15.1. The fourth-order valence-corrected chi connectivity index (χ4v) is 3.63. The first-order valence-electron chi connectivity index (χ1n) is 9.49. The topological polar surface area (TPSA) is 84.7 Å². The number of nitrogens with one attached hydrogen (secondary N) is 1. The van der Waals surface area contributed by atoms with E-state index in [1.807, 2.05) is 13.8 Å². The lowest BCUT2D eigenvalue weighted by atomic mass is 9.86. The van der Waals surface area contributed by atoms with Gasteiger partial charge >= 0.3 is 6.09 Å². The van der Waals surface area contributed by atoms with Crippen molar-refractivity contribution in [2.75, 3.05) is 13.1 Å². The molecule has 2 amide bonds. The lowest BCUT2D eigenvalue weighted by Gasteiger charge is -2.33. The summed E-state index contributed by atoms with van der Waals surface area (Å²) in [5, 5.41) is 3.17. The predicted octanol–water partition coefficient (Wildman–Crippen LogP) is 2.41. The third kappa shape index (κ3) is 5.65. The first-order chi connectivity index (χ1) is 11.5. The van der Waals surface area contributed by atoms with Gasteiger partial charge in [-0.25, -0.2) is 4.79 Å². The lowest BCUT2D eigenvalue weighted by molar-refractivity contribution is -0.127. The molecule has 1 aliphatic heterocycles. The molecular weight excluding hydrogens is 306 g/mol. The molecule has 2 rings (SSSR count). The summed E-state index contributed by atoms with van der Waals surface area (Å²) in [5.74, 6) is 0.0434. The normalized spacial score (nSPS) is 26.6. The molecule has 0 unspecified atom stereocenters. The van der Waals surface area contributed by atoms with Crippen molar-refractivity contribution in [3.63, 3.8) is 0 Å². The van der Waals surface area contributed by atoms with Crippen LogP contribution in [0.2, 0.25) is 0 Å². The van der Waals surface area contributed by atoms with Gasteiger partial charge in [0.1, 0.15) is 0 Å². The second kappa shape index (κ2) is 9.25. The molecule has 6 nitrogen and oxygen atoms in total. The molecular formula is C18H33N3O3. The molecule has 6 heteroatoms. The monoisotopic (exact) mass is 339 g/mol. The third-order valence-electron chi connectivity index (χ3n) is 5.09. The number of amides is 2. The third-order valence-corrected chi connectivity index (χ3v) is 5.09. The van der Waals surface area contributed by atoms with Crippen LogP contribution in [0.25, 0.3) is 0 Å². The van der Waals surface area contributed by atoms with E-state index in [1.165, 1.54) is 12.8 Å². The summed E-state index contributed by atoms with van der Waals surface area (Å²) in [6.07, 6.45) is 7.69. The molecule has 0 aromatic heterocycles. The van der Waals surface area contributed by atoms with Gasteiger partial charge in [0.2, 0.25) is 5.91 Å². The Kier molecular flexibility index (Phi) is 7.34. The van der Waals surface area contributed by atoms with E-state index < -0.39 is 0 Å². The van der Waals surface area contributed by atoms with Crippen molar-refractivity contribution in [3.8, 4) is 0 Å². The molecule has 0 bridgehead atoms. The summed E-state index contributed by atoms with van der Waals surface area (Å²) in [5.41, 5.74) is 6.23. The van der Waals surface area contributed by atoms with Crippen LogP contribution in [0, 0.1) is 5.92 Å². The fraction of sp³-hybridized carbons (Fsp3) is 0.889. The average Bonchev–Trinajstić information content (AvgIpc) is 2.51. The number of carbonyl (C=O) groups is 2. The van der Waals surface area contributed by atoms with Gasteiger partial charge in [0, 0.05) is 25.2 Å². The Morgan fingerprint density at radius 2 is 1.67 bits per heavy atom. The molecule has 1 heterocycles. The van der Waals surface area contributed by atoms with Gasteiger partial charge in [-0.1, -0.05) is 25.7 Å². The first kappa shape index (κ1) is 19.0. The second-order valence-electron chi connectivity index (χ2n) is 7.46. The van der Waals surface area contributed by atoms with Crippen LogP contribution in [0.15, 0.2) is 0 Å². The van der Waals surface area contributed by atoms with E-state index in [0.717, 1.165) is 38.5 Å². The molecule has 3 N–H and O–H groups in total. The quantitative estimate of drug-likeness (QED) is 0.827. The van der Waals surface area contributed by atoms with Gasteiger partial charge in [-0.2, -0.15) is 0 Å². The maximum atomic E-state index is 12.6. The van der Waals surface area contributed by atoms with Gasteiger partial charge < -0.3 is 20.7 Å². The molecule has 24 heavy (non-hydrogen) atoms. The van der Waals surface area contributed by atoms with Crippen LogP contribution >= 0.6 is 0 Å². The molecule has 0 spiro atoms. The van der Waals surface area contributed by atoms with Crippen LogP contribution < -0.4 is 11.1 Å². The summed E-state index contributed by atoms with van der Waals surface area (Å²) in [6.45, 7) is 4.96. The lowest BCUT2D eigenvalue weighted by Crippen LogP contribution is -2.50. The Morgan fingerprint density at radius 3 is 2.29 bits per heavy atom. The van der Waals surface area contributed by atoms with E-state index >= 15 is 0 Å². The Bertz CT molecular complexity index is 420. The number of piperidine rings is 1. The van der Waals surface area contributed by atoms with Crippen molar-refractivity contribution in [2.24, 2.45) is 11.7 Å². The summed E-state index contributed by atoms with van der Waals surface area (Å²) in [7, 11) is 0. The fourth-order valence-electron chi connectivity index (χ4n) is 3.63. The molecule has 0 aromatic carbocycles. The van der Waals surface area contributed by atoms with E-state index in [1.54, 1.807) is 4.90 Å². The maximum absolute atomic E-state index is 12.6. The average molecular weight is 339 g/mol. The highest BCUT2D eigenvalue weighted by atomic mass is 16.6. The SMILES string of the molecule is CC(C)OC(=O)N1CCC(NC(=O)[C@@H]2CCCCCC[C@H]2N)CC1. The largest absolute Gasteiger partial charge is 0.447 e. The van der Waals surface area contributed by atoms with Crippen molar-refractivity contribution >= 4 is 12.0 Å². The van der Waals surface area contributed by atoms with Crippen molar-refractivity contribution in [1.82, 2.24) is 10.2 Å². The Balaban J connectivity index is 1.78. The van der Waals surface area contributed by atoms with Crippen LogP contribution in [0.4, 0.5) is 4.79 Å². The van der Waals surface area contributed by atoms with Crippen molar-refractivity contribution < 1.29 is 14.3 Å². The molecule has 2 atom stereocenters. The molecule has 0 aromatic rings. The summed E-state index contributed by atoms with van der Waals surface area (Å²) < 4.78 is 5.22. The van der Waals surface area contributed by atoms with Crippen LogP contribution in [-0.2, 0) is 9.53 Å². The van der Waals surface area contributed by atoms with Gasteiger partial charge in [-0.15, -0.1) is 0 Å². The summed E-state index contributed by atoms with van der Waals surface area (Å²) in [6, 6.07) is 0.115. The van der Waals surface area contributed by atoms with Gasteiger partial charge in [-0.05, 0) is 39.5 Å². The highest BCUT2D eigenvalue weighted by Gasteiger charge is 2.30. The minimum Gasteiger partial charge on any atom is -0.447 e. The number of hydrogen-bond acceptors (Lipinski definition) is 4. The Hall–Kier alpha value is -1.30. The number of carbonyl (C=O) groups excluding carboxylic acids is 2. The maximum Gasteiger partial charge on any atom is 0.410 e. The van der Waals surface area contributed by atoms with Crippen LogP contribution in [0.3, 0.4) is 0 Å². The number of nitrogens with zero attached hydrogens (tertiary/aromatic N) is 1. The summed E-state index contributed by atoms with van der Waals surface area (Å²) in [4.78, 5) is 26.2. The Labute approximate surface area is 145 Å². The van der Waals surface area contributed by atoms with E-state index in [4.69, 9.17) is 10.5 Å². The number of hydrogen-bond donors (Lipinski definition) is 2. The number of likely N-dealkylation sites (tertiary alicyclic amines) is 1. The second-order valence-corrected chi connectivity index (χ2v) is 7.46. The first-order valence-corrected chi connectivity index (χ1v) is 9.49. The van der Waals surface area contributed by atoms with Crippen LogP contribution in [0.5, 0.6) is 0 Å².